The predicted molar refractivity (Wildman–Crippen MR) is 53.9 cm³/mol. The van der Waals surface area contributed by atoms with Gasteiger partial charge in [-0.2, -0.15) is 17.5 Å². The Kier molecular flexibility index (Phi) is 2.95. The number of rotatable bonds is 2. The summed E-state index contributed by atoms with van der Waals surface area (Å²) in [6, 6.07) is 0. The van der Waals surface area contributed by atoms with E-state index in [4.69, 9.17) is 5.84 Å². The second kappa shape index (κ2) is 4.14. The Labute approximate surface area is 101 Å². The van der Waals surface area contributed by atoms with Crippen LogP contribution in [0.3, 0.4) is 0 Å². The molecule has 0 saturated carbocycles. The largest absolute Gasteiger partial charge is 0.453 e. The maximum absolute atomic E-state index is 12.4. The molecule has 0 fully saturated rings. The molecule has 0 aromatic carbocycles. The molecule has 0 bridgehead atoms. The van der Waals surface area contributed by atoms with Crippen molar-refractivity contribution in [2.75, 3.05) is 5.84 Å². The van der Waals surface area contributed by atoms with Gasteiger partial charge in [0.25, 0.3) is 5.82 Å². The maximum atomic E-state index is 12.4. The minimum atomic E-state index is -4.63. The lowest BCUT2D eigenvalue weighted by Crippen LogP contribution is -2.21. The van der Waals surface area contributed by atoms with E-state index in [1.54, 1.807) is 6.92 Å². The summed E-state index contributed by atoms with van der Waals surface area (Å²) in [6.07, 6.45) is -4.63. The molecule has 2 aromatic heterocycles. The van der Waals surface area contributed by atoms with E-state index in [1.165, 1.54) is 0 Å². The summed E-state index contributed by atoms with van der Waals surface area (Å²) < 4.78 is 41.8. The summed E-state index contributed by atoms with van der Waals surface area (Å²) >= 11 is 1.94. The Hall–Kier alpha value is -1.36. The van der Waals surface area contributed by atoms with Crippen molar-refractivity contribution in [1.82, 2.24) is 24.2 Å². The molecule has 11 heteroatoms. The van der Waals surface area contributed by atoms with E-state index in [0.717, 1.165) is 23.3 Å². The first-order valence-corrected chi connectivity index (χ1v) is 5.73. The molecule has 92 valence electrons. The summed E-state index contributed by atoms with van der Waals surface area (Å²) in [6.45, 7) is 1.68. The fraction of sp³-hybridized carbons (Fsp3) is 0.333. The molecule has 0 atom stereocenters. The molecular formula is C6H5F3N6S2. The highest BCUT2D eigenvalue weighted by Crippen LogP contribution is 2.31. The van der Waals surface area contributed by atoms with Gasteiger partial charge >= 0.3 is 6.18 Å². The lowest BCUT2D eigenvalue weighted by Gasteiger charge is -2.04. The van der Waals surface area contributed by atoms with Crippen molar-refractivity contribution >= 4 is 23.3 Å². The third-order valence-electron chi connectivity index (χ3n) is 1.61. The monoisotopic (exact) mass is 282 g/mol. The van der Waals surface area contributed by atoms with Crippen LogP contribution in [0.1, 0.15) is 11.6 Å². The minimum absolute atomic E-state index is 0.0894. The SMILES string of the molecule is Cc1nsc(Sc2nnc(C(F)(F)F)n2N)n1. The van der Waals surface area contributed by atoms with Crippen LogP contribution in [0.25, 0.3) is 0 Å². The summed E-state index contributed by atoms with van der Waals surface area (Å²) in [4.78, 5) is 3.97. The molecule has 0 aliphatic rings. The van der Waals surface area contributed by atoms with E-state index in [9.17, 15) is 13.2 Å². The van der Waals surface area contributed by atoms with E-state index in [-0.39, 0.29) is 5.16 Å². The standard InChI is InChI=1S/C6H5F3N6S2/c1-2-11-5(17-14-2)16-4-13-12-3(15(4)10)6(7,8)9/h10H2,1H3. The molecule has 0 radical (unpaired) electrons. The third-order valence-corrected chi connectivity index (χ3v) is 3.41. The molecule has 6 nitrogen and oxygen atoms in total. The Bertz CT molecular complexity index is 532. The van der Waals surface area contributed by atoms with Gasteiger partial charge in [-0.05, 0) is 30.2 Å². The van der Waals surface area contributed by atoms with Crippen LogP contribution in [0.5, 0.6) is 0 Å². The number of hydrogen-bond donors (Lipinski definition) is 1. The highest BCUT2D eigenvalue weighted by atomic mass is 32.2. The van der Waals surface area contributed by atoms with Gasteiger partial charge in [-0.3, -0.25) is 0 Å². The fourth-order valence-electron chi connectivity index (χ4n) is 0.938. The Morgan fingerprint density at radius 3 is 2.53 bits per heavy atom. The first-order chi connectivity index (χ1) is 7.88. The summed E-state index contributed by atoms with van der Waals surface area (Å²) in [5.74, 6) is 4.54. The molecule has 2 N–H and O–H groups in total. The van der Waals surface area contributed by atoms with Crippen LogP contribution in [0.4, 0.5) is 13.2 Å². The molecule has 0 unspecified atom stereocenters. The number of halogens is 3. The van der Waals surface area contributed by atoms with Crippen molar-refractivity contribution in [2.24, 2.45) is 0 Å². The average molecular weight is 282 g/mol. The number of nitrogens with zero attached hydrogens (tertiary/aromatic N) is 5. The van der Waals surface area contributed by atoms with Gasteiger partial charge < -0.3 is 5.84 Å². The summed E-state index contributed by atoms with van der Waals surface area (Å²) in [5.41, 5.74) is 0. The van der Waals surface area contributed by atoms with Crippen LogP contribution in [-0.4, -0.2) is 24.2 Å². The number of nitrogens with two attached hydrogens (primary N) is 1. The lowest BCUT2D eigenvalue weighted by molar-refractivity contribution is -0.146. The van der Waals surface area contributed by atoms with Crippen molar-refractivity contribution in [1.29, 1.82) is 0 Å². The van der Waals surface area contributed by atoms with Crippen molar-refractivity contribution < 1.29 is 13.2 Å². The minimum Gasteiger partial charge on any atom is -0.335 e. The Morgan fingerprint density at radius 1 is 1.35 bits per heavy atom. The van der Waals surface area contributed by atoms with Gasteiger partial charge in [-0.25, -0.2) is 9.66 Å². The molecule has 0 aliphatic carbocycles. The van der Waals surface area contributed by atoms with Crippen molar-refractivity contribution in [3.05, 3.63) is 11.6 Å². The van der Waals surface area contributed by atoms with Crippen molar-refractivity contribution in [2.45, 2.75) is 22.6 Å². The van der Waals surface area contributed by atoms with Crippen molar-refractivity contribution in [3.8, 4) is 0 Å². The molecule has 17 heavy (non-hydrogen) atoms. The number of hydrogen-bond acceptors (Lipinski definition) is 7. The van der Waals surface area contributed by atoms with E-state index in [0.29, 0.717) is 14.8 Å². The van der Waals surface area contributed by atoms with E-state index < -0.39 is 12.0 Å². The van der Waals surface area contributed by atoms with Crippen LogP contribution in [0, 0.1) is 6.92 Å². The van der Waals surface area contributed by atoms with Crippen molar-refractivity contribution in [3.63, 3.8) is 0 Å². The van der Waals surface area contributed by atoms with Gasteiger partial charge in [0.2, 0.25) is 5.16 Å². The van der Waals surface area contributed by atoms with Gasteiger partial charge in [-0.1, -0.05) is 0 Å². The van der Waals surface area contributed by atoms with Crippen LogP contribution < -0.4 is 5.84 Å². The molecule has 2 aromatic rings. The van der Waals surface area contributed by atoms with Crippen LogP contribution >= 0.6 is 23.3 Å². The lowest BCUT2D eigenvalue weighted by atomic mass is 10.6. The zero-order valence-corrected chi connectivity index (χ0v) is 9.90. The quantitative estimate of drug-likeness (QED) is 0.836. The Morgan fingerprint density at radius 2 is 2.06 bits per heavy atom. The molecular weight excluding hydrogens is 277 g/mol. The predicted octanol–water partition coefficient (Wildman–Crippen LogP) is 1.32. The number of nitrogen functional groups attached to an aromatic ring is 1. The number of alkyl halides is 3. The van der Waals surface area contributed by atoms with E-state index >= 15 is 0 Å². The van der Waals surface area contributed by atoms with Gasteiger partial charge in [0.05, 0.1) is 0 Å². The smallest absolute Gasteiger partial charge is 0.335 e. The zero-order chi connectivity index (χ0) is 12.6. The first kappa shape index (κ1) is 12.1. The Balaban J connectivity index is 2.26. The normalized spacial score (nSPS) is 12.0. The highest BCUT2D eigenvalue weighted by Gasteiger charge is 2.38. The van der Waals surface area contributed by atoms with Gasteiger partial charge in [0.15, 0.2) is 4.34 Å². The molecule has 2 heterocycles. The highest BCUT2D eigenvalue weighted by molar-refractivity contribution is 8.00. The third kappa shape index (κ3) is 2.49. The van der Waals surface area contributed by atoms with E-state index in [2.05, 4.69) is 19.6 Å². The van der Waals surface area contributed by atoms with Gasteiger partial charge in [0.1, 0.15) is 5.82 Å². The van der Waals surface area contributed by atoms with Gasteiger partial charge in [-0.15, -0.1) is 10.2 Å². The molecule has 0 saturated heterocycles. The molecule has 0 amide bonds. The second-order valence-corrected chi connectivity index (χ2v) is 4.85. The second-order valence-electron chi connectivity index (χ2n) is 2.88. The summed E-state index contributed by atoms with van der Waals surface area (Å²) in [7, 11) is 0. The van der Waals surface area contributed by atoms with Crippen LogP contribution in [-0.2, 0) is 6.18 Å². The first-order valence-electron chi connectivity index (χ1n) is 4.14. The molecule has 0 aliphatic heterocycles. The molecule has 0 spiro atoms. The summed E-state index contributed by atoms with van der Waals surface area (Å²) in [5, 5.41) is 6.26. The van der Waals surface area contributed by atoms with Crippen LogP contribution in [0.15, 0.2) is 9.50 Å². The van der Waals surface area contributed by atoms with Crippen LogP contribution in [0.2, 0.25) is 0 Å². The fourth-order valence-corrected chi connectivity index (χ4v) is 2.45. The maximum Gasteiger partial charge on any atom is 0.453 e. The zero-order valence-electron chi connectivity index (χ0n) is 8.26. The average Bonchev–Trinajstić information content (AvgIpc) is 2.74. The van der Waals surface area contributed by atoms with E-state index in [1.807, 2.05) is 0 Å². The topological polar surface area (TPSA) is 82.5 Å². The number of aryl methyl sites for hydroxylation is 1. The van der Waals surface area contributed by atoms with Gasteiger partial charge in [0, 0.05) is 0 Å². The number of aromatic nitrogens is 5. The molecule has 2 rings (SSSR count).